The van der Waals surface area contributed by atoms with Gasteiger partial charge in [0.2, 0.25) is 0 Å². The van der Waals surface area contributed by atoms with Gasteiger partial charge in [0.05, 0.1) is 41.2 Å². The summed E-state index contributed by atoms with van der Waals surface area (Å²) in [6, 6.07) is 2.44. The van der Waals surface area contributed by atoms with Crippen molar-refractivity contribution in [1.82, 2.24) is 14.9 Å². The number of alkyl carbamates (subject to hydrolysis) is 1. The number of cyclic esters (lactones) is 1. The smallest absolute Gasteiger partial charge is 0.407 e. The van der Waals surface area contributed by atoms with E-state index >= 15 is 0 Å². The summed E-state index contributed by atoms with van der Waals surface area (Å²) in [6.07, 6.45) is -0.547. The number of aliphatic hydroxyl groups is 2. The van der Waals surface area contributed by atoms with Crippen LogP contribution < -0.4 is 10.9 Å². The molecule has 204 valence electrons. The lowest BCUT2D eigenvalue weighted by molar-refractivity contribution is -0.172. The van der Waals surface area contributed by atoms with E-state index in [1.54, 1.807) is 19.9 Å². The average Bonchev–Trinajstić information content (AvgIpc) is 3.27. The number of aryl methyl sites for hydroxylation is 1. The number of carbonyl (C=O) groups is 2. The Labute approximate surface area is 222 Å². The average molecular weight is 538 g/mol. The van der Waals surface area contributed by atoms with E-state index < -0.39 is 41.2 Å². The first-order valence-electron chi connectivity index (χ1n) is 13.0. The van der Waals surface area contributed by atoms with Crippen molar-refractivity contribution in [3.8, 4) is 11.4 Å². The molecule has 4 heterocycles. The van der Waals surface area contributed by atoms with Gasteiger partial charge < -0.3 is 29.6 Å². The number of aromatic nitrogens is 2. The highest BCUT2D eigenvalue weighted by Crippen LogP contribution is 2.45. The maximum absolute atomic E-state index is 15.0. The van der Waals surface area contributed by atoms with Crippen LogP contribution in [-0.4, -0.2) is 44.5 Å². The topological polar surface area (TPSA) is 140 Å². The van der Waals surface area contributed by atoms with Gasteiger partial charge in [-0.25, -0.2) is 19.0 Å². The number of benzene rings is 1. The number of esters is 1. The molecular weight excluding hydrogens is 509 g/mol. The summed E-state index contributed by atoms with van der Waals surface area (Å²) < 4.78 is 26.8. The number of rotatable bonds is 4. The third-order valence-corrected chi connectivity index (χ3v) is 8.13. The Hall–Kier alpha value is -3.83. The lowest BCUT2D eigenvalue weighted by Crippen LogP contribution is -2.44. The van der Waals surface area contributed by atoms with Crippen molar-refractivity contribution in [2.24, 2.45) is 0 Å². The zero-order valence-electron chi connectivity index (χ0n) is 21.8. The number of halogens is 1. The SMILES string of the molecule is CC[C@@]1(O)C(=O)OCc2c1cc1n(c2=O)Cc2c-1nc1cc(F)c(C)c3c1c2[C@@H](NC(=O)OC[C@H](C)O)CC3. The van der Waals surface area contributed by atoms with Crippen LogP contribution in [0.25, 0.3) is 22.3 Å². The Bertz CT molecular complexity index is 1650. The molecule has 3 aliphatic rings. The summed E-state index contributed by atoms with van der Waals surface area (Å²) in [5.74, 6) is -1.22. The van der Waals surface area contributed by atoms with E-state index in [4.69, 9.17) is 14.5 Å². The minimum Gasteiger partial charge on any atom is -0.458 e. The zero-order valence-corrected chi connectivity index (χ0v) is 21.8. The first-order valence-corrected chi connectivity index (χ1v) is 13.0. The molecule has 3 atom stereocenters. The van der Waals surface area contributed by atoms with Gasteiger partial charge in [0, 0.05) is 22.6 Å². The van der Waals surface area contributed by atoms with Gasteiger partial charge in [-0.05, 0) is 55.9 Å². The Kier molecular flexibility index (Phi) is 5.78. The highest BCUT2D eigenvalue weighted by atomic mass is 19.1. The normalized spacial score (nSPS) is 21.6. The molecule has 11 heteroatoms. The van der Waals surface area contributed by atoms with Crippen LogP contribution in [0, 0.1) is 12.7 Å². The lowest BCUT2D eigenvalue weighted by atomic mass is 9.81. The second-order valence-corrected chi connectivity index (χ2v) is 10.5. The molecule has 3 N–H and O–H groups in total. The predicted molar refractivity (Wildman–Crippen MR) is 136 cm³/mol. The van der Waals surface area contributed by atoms with E-state index in [2.05, 4.69) is 5.32 Å². The molecule has 39 heavy (non-hydrogen) atoms. The number of hydrogen-bond acceptors (Lipinski definition) is 8. The van der Waals surface area contributed by atoms with Crippen LogP contribution in [0.5, 0.6) is 0 Å². The van der Waals surface area contributed by atoms with E-state index in [9.17, 15) is 29.0 Å². The van der Waals surface area contributed by atoms with Gasteiger partial charge in [-0.1, -0.05) is 6.92 Å². The van der Waals surface area contributed by atoms with E-state index in [1.165, 1.54) is 17.6 Å². The van der Waals surface area contributed by atoms with Crippen LogP contribution in [-0.2, 0) is 39.4 Å². The third-order valence-electron chi connectivity index (χ3n) is 8.13. The van der Waals surface area contributed by atoms with Gasteiger partial charge in [-0.15, -0.1) is 0 Å². The highest BCUT2D eigenvalue weighted by molar-refractivity contribution is 5.93. The first-order chi connectivity index (χ1) is 18.5. The molecule has 0 bridgehead atoms. The van der Waals surface area contributed by atoms with Gasteiger partial charge in [0.1, 0.15) is 19.0 Å². The number of aliphatic hydroxyl groups excluding tert-OH is 1. The molecule has 0 spiro atoms. The maximum atomic E-state index is 15.0. The number of fused-ring (bicyclic) bond motifs is 5. The lowest BCUT2D eigenvalue weighted by Gasteiger charge is -2.31. The minimum atomic E-state index is -1.97. The molecular formula is C28H28FN3O7. The quantitative estimate of drug-likeness (QED) is 0.338. The largest absolute Gasteiger partial charge is 0.458 e. The van der Waals surface area contributed by atoms with Crippen LogP contribution in [0.3, 0.4) is 0 Å². The van der Waals surface area contributed by atoms with E-state index in [0.717, 1.165) is 16.5 Å². The number of ether oxygens (including phenoxy) is 2. The summed E-state index contributed by atoms with van der Waals surface area (Å²) in [5, 5.41) is 24.3. The summed E-state index contributed by atoms with van der Waals surface area (Å²) in [5.41, 5.74) is 1.96. The monoisotopic (exact) mass is 537 g/mol. The van der Waals surface area contributed by atoms with Crippen molar-refractivity contribution < 1.29 is 33.7 Å². The molecule has 1 aliphatic carbocycles. The number of amides is 1. The number of nitrogens with one attached hydrogen (secondary N) is 1. The number of pyridine rings is 2. The van der Waals surface area contributed by atoms with Crippen LogP contribution >= 0.6 is 0 Å². The van der Waals surface area contributed by atoms with Crippen LogP contribution in [0.15, 0.2) is 16.9 Å². The molecule has 10 nitrogen and oxygen atoms in total. The molecule has 0 saturated heterocycles. The fourth-order valence-corrected chi connectivity index (χ4v) is 6.08. The highest BCUT2D eigenvalue weighted by Gasteiger charge is 2.46. The number of hydrogen-bond donors (Lipinski definition) is 3. The number of carbonyl (C=O) groups excluding carboxylic acids is 2. The summed E-state index contributed by atoms with van der Waals surface area (Å²) in [4.78, 5) is 43.5. The molecule has 6 rings (SSSR count). The standard InChI is InChI=1S/C28H28FN3O7/c1-4-28(37)17-7-21-24-15(9-32(21)25(34)16(17)11-38-26(28)35)23-19(31-27(36)39-10-12(2)33)6-5-14-13(3)18(29)8-20(30-24)22(14)23/h7-8,12,19,33,37H,4-6,9-11H2,1-3H3,(H,31,36)/t12-,19-,28-/m0/s1. The molecule has 3 aromatic rings. The fraction of sp³-hybridized carbons (Fsp3) is 0.429. The Morgan fingerprint density at radius 2 is 2.10 bits per heavy atom. The zero-order chi connectivity index (χ0) is 27.8. The number of nitrogens with zero attached hydrogens (tertiary/aromatic N) is 2. The summed E-state index contributed by atoms with van der Waals surface area (Å²) in [7, 11) is 0. The summed E-state index contributed by atoms with van der Waals surface area (Å²) >= 11 is 0. The first kappa shape index (κ1) is 25.4. The van der Waals surface area contributed by atoms with Gasteiger partial charge in [0.15, 0.2) is 5.60 Å². The van der Waals surface area contributed by atoms with Crippen molar-refractivity contribution in [2.75, 3.05) is 6.61 Å². The van der Waals surface area contributed by atoms with E-state index in [-0.39, 0.29) is 37.3 Å². The third kappa shape index (κ3) is 3.67. The molecule has 2 aliphatic heterocycles. The van der Waals surface area contributed by atoms with Gasteiger partial charge in [-0.2, -0.15) is 0 Å². The predicted octanol–water partition coefficient (Wildman–Crippen LogP) is 2.62. The minimum absolute atomic E-state index is 0.0133. The molecule has 0 saturated carbocycles. The molecule has 0 unspecified atom stereocenters. The fourth-order valence-electron chi connectivity index (χ4n) is 6.08. The van der Waals surface area contributed by atoms with Crippen LogP contribution in [0.1, 0.15) is 66.1 Å². The van der Waals surface area contributed by atoms with E-state index in [0.29, 0.717) is 40.9 Å². The Morgan fingerprint density at radius 1 is 1.33 bits per heavy atom. The Morgan fingerprint density at radius 3 is 2.82 bits per heavy atom. The maximum Gasteiger partial charge on any atom is 0.407 e. The van der Waals surface area contributed by atoms with Crippen molar-refractivity contribution in [3.05, 3.63) is 61.7 Å². The van der Waals surface area contributed by atoms with Crippen molar-refractivity contribution in [3.63, 3.8) is 0 Å². The van der Waals surface area contributed by atoms with Gasteiger partial charge in [0.25, 0.3) is 5.56 Å². The molecule has 2 aromatic heterocycles. The molecule has 0 fully saturated rings. The van der Waals surface area contributed by atoms with Crippen molar-refractivity contribution in [2.45, 2.75) is 70.9 Å². The van der Waals surface area contributed by atoms with E-state index in [1.807, 2.05) is 0 Å². The van der Waals surface area contributed by atoms with Gasteiger partial charge >= 0.3 is 12.1 Å². The van der Waals surface area contributed by atoms with Crippen molar-refractivity contribution in [1.29, 1.82) is 0 Å². The van der Waals surface area contributed by atoms with Gasteiger partial charge in [-0.3, -0.25) is 4.79 Å². The Balaban J connectivity index is 1.57. The van der Waals surface area contributed by atoms with Crippen LogP contribution in [0.2, 0.25) is 0 Å². The van der Waals surface area contributed by atoms with Crippen LogP contribution in [0.4, 0.5) is 9.18 Å². The molecule has 1 aromatic carbocycles. The molecule has 1 amide bonds. The summed E-state index contributed by atoms with van der Waals surface area (Å²) in [6.45, 7) is 4.57. The second kappa shape index (κ2) is 8.85. The molecule has 0 radical (unpaired) electrons. The second-order valence-electron chi connectivity index (χ2n) is 10.5. The van der Waals surface area contributed by atoms with Crippen molar-refractivity contribution >= 4 is 23.0 Å².